The average molecular weight is 287 g/mol. The van der Waals surface area contributed by atoms with Gasteiger partial charge in [-0.15, -0.1) is 5.10 Å². The molecule has 0 atom stereocenters. The van der Waals surface area contributed by atoms with Crippen LogP contribution in [0.1, 0.15) is 37.2 Å². The molecule has 0 saturated heterocycles. The maximum absolute atomic E-state index is 5.67. The van der Waals surface area contributed by atoms with Crippen LogP contribution in [0.4, 0.5) is 0 Å². The van der Waals surface area contributed by atoms with Crippen molar-refractivity contribution in [3.8, 4) is 5.75 Å². The summed E-state index contributed by atoms with van der Waals surface area (Å²) in [5.74, 6) is 1.89. The van der Waals surface area contributed by atoms with Crippen molar-refractivity contribution in [3.05, 3.63) is 35.7 Å². The van der Waals surface area contributed by atoms with E-state index in [-0.39, 0.29) is 0 Å². The Balaban J connectivity index is 1.66. The van der Waals surface area contributed by atoms with Crippen LogP contribution in [0.3, 0.4) is 0 Å². The number of nitrogens with zero attached hydrogens (tertiary/aromatic N) is 5. The summed E-state index contributed by atoms with van der Waals surface area (Å²) in [5, 5.41) is 12.0. The molecule has 0 amide bonds. The molecule has 2 aromatic rings. The minimum atomic E-state index is 0.513. The molecule has 1 fully saturated rings. The Labute approximate surface area is 124 Å². The third-order valence-electron chi connectivity index (χ3n) is 3.58. The molecule has 1 heterocycles. The SMILES string of the molecule is CCOc1ccccc1CN(C)Cc1nnnn1C1CC1. The molecule has 6 heteroatoms. The molecule has 1 saturated carbocycles. The zero-order valence-electron chi connectivity index (χ0n) is 12.6. The zero-order chi connectivity index (χ0) is 14.7. The lowest BCUT2D eigenvalue weighted by Crippen LogP contribution is -2.20. The summed E-state index contributed by atoms with van der Waals surface area (Å²) in [7, 11) is 2.08. The predicted octanol–water partition coefficient (Wildman–Crippen LogP) is 2.04. The summed E-state index contributed by atoms with van der Waals surface area (Å²) in [5.41, 5.74) is 1.19. The van der Waals surface area contributed by atoms with Gasteiger partial charge in [0.2, 0.25) is 0 Å². The van der Waals surface area contributed by atoms with Crippen LogP contribution in [0.5, 0.6) is 5.75 Å². The predicted molar refractivity (Wildman–Crippen MR) is 78.9 cm³/mol. The number of ether oxygens (including phenoxy) is 1. The summed E-state index contributed by atoms with van der Waals surface area (Å²) in [6, 6.07) is 8.67. The van der Waals surface area contributed by atoms with E-state index in [2.05, 4.69) is 33.5 Å². The number of para-hydroxylation sites is 1. The first-order valence-electron chi connectivity index (χ1n) is 7.44. The van der Waals surface area contributed by atoms with Crippen molar-refractivity contribution >= 4 is 0 Å². The molecule has 1 aromatic carbocycles. The third kappa shape index (κ3) is 3.39. The van der Waals surface area contributed by atoms with Crippen LogP contribution in [-0.2, 0) is 13.1 Å². The Kier molecular flexibility index (Phi) is 4.15. The lowest BCUT2D eigenvalue weighted by molar-refractivity contribution is 0.287. The van der Waals surface area contributed by atoms with E-state index >= 15 is 0 Å². The highest BCUT2D eigenvalue weighted by molar-refractivity contribution is 5.33. The molecule has 0 unspecified atom stereocenters. The summed E-state index contributed by atoms with van der Waals surface area (Å²) < 4.78 is 7.64. The summed E-state index contributed by atoms with van der Waals surface area (Å²) in [6.07, 6.45) is 2.38. The van der Waals surface area contributed by atoms with Crippen molar-refractivity contribution in [2.75, 3.05) is 13.7 Å². The maximum atomic E-state index is 5.67. The van der Waals surface area contributed by atoms with Crippen molar-refractivity contribution < 1.29 is 4.74 Å². The van der Waals surface area contributed by atoms with E-state index < -0.39 is 0 Å². The van der Waals surface area contributed by atoms with Gasteiger partial charge in [0.15, 0.2) is 5.82 Å². The van der Waals surface area contributed by atoms with Crippen molar-refractivity contribution in [2.24, 2.45) is 0 Å². The molecule has 1 aromatic heterocycles. The molecule has 112 valence electrons. The minimum absolute atomic E-state index is 0.513. The van der Waals surface area contributed by atoms with Crippen molar-refractivity contribution in [1.82, 2.24) is 25.1 Å². The van der Waals surface area contributed by atoms with E-state index in [1.807, 2.05) is 29.8 Å². The fourth-order valence-corrected chi connectivity index (χ4v) is 2.44. The summed E-state index contributed by atoms with van der Waals surface area (Å²) >= 11 is 0. The zero-order valence-corrected chi connectivity index (χ0v) is 12.6. The first-order chi connectivity index (χ1) is 10.3. The molecule has 0 N–H and O–H groups in total. The fourth-order valence-electron chi connectivity index (χ4n) is 2.44. The smallest absolute Gasteiger partial charge is 0.165 e. The second-order valence-electron chi connectivity index (χ2n) is 5.48. The fraction of sp³-hybridized carbons (Fsp3) is 0.533. The van der Waals surface area contributed by atoms with E-state index in [1.54, 1.807) is 0 Å². The number of tetrazole rings is 1. The van der Waals surface area contributed by atoms with Gasteiger partial charge in [0.1, 0.15) is 5.75 Å². The molecular formula is C15H21N5O. The molecule has 1 aliphatic carbocycles. The number of aromatic nitrogens is 4. The van der Waals surface area contributed by atoms with Crippen LogP contribution >= 0.6 is 0 Å². The van der Waals surface area contributed by atoms with E-state index in [4.69, 9.17) is 4.74 Å². The molecule has 6 nitrogen and oxygen atoms in total. The van der Waals surface area contributed by atoms with Crippen LogP contribution in [0, 0.1) is 0 Å². The normalized spacial score (nSPS) is 14.6. The van der Waals surface area contributed by atoms with Gasteiger partial charge in [-0.1, -0.05) is 18.2 Å². The highest BCUT2D eigenvalue weighted by atomic mass is 16.5. The highest BCUT2D eigenvalue weighted by Gasteiger charge is 2.27. The quantitative estimate of drug-likeness (QED) is 0.780. The first-order valence-corrected chi connectivity index (χ1v) is 7.44. The highest BCUT2D eigenvalue weighted by Crippen LogP contribution is 2.34. The molecule has 0 bridgehead atoms. The van der Waals surface area contributed by atoms with E-state index in [9.17, 15) is 0 Å². The molecule has 0 aliphatic heterocycles. The molecule has 0 radical (unpaired) electrons. The first kappa shape index (κ1) is 14.0. The van der Waals surface area contributed by atoms with Crippen LogP contribution in [0.15, 0.2) is 24.3 Å². The Morgan fingerprint density at radius 2 is 2.10 bits per heavy atom. The van der Waals surface area contributed by atoms with Gasteiger partial charge in [-0.3, -0.25) is 4.90 Å². The third-order valence-corrected chi connectivity index (χ3v) is 3.58. The van der Waals surface area contributed by atoms with Gasteiger partial charge in [0, 0.05) is 12.1 Å². The molecule has 0 spiro atoms. The Morgan fingerprint density at radius 1 is 1.29 bits per heavy atom. The van der Waals surface area contributed by atoms with Gasteiger partial charge in [0.25, 0.3) is 0 Å². The summed E-state index contributed by atoms with van der Waals surface area (Å²) in [6.45, 7) is 4.24. The Hall–Kier alpha value is -1.95. The molecule has 3 rings (SSSR count). The topological polar surface area (TPSA) is 56.1 Å². The van der Waals surface area contributed by atoms with Crippen LogP contribution in [0.25, 0.3) is 0 Å². The number of rotatable bonds is 7. The van der Waals surface area contributed by atoms with Gasteiger partial charge >= 0.3 is 0 Å². The van der Waals surface area contributed by atoms with Gasteiger partial charge in [0.05, 0.1) is 19.2 Å². The summed E-state index contributed by atoms with van der Waals surface area (Å²) in [4.78, 5) is 2.21. The second kappa shape index (κ2) is 6.22. The van der Waals surface area contributed by atoms with Gasteiger partial charge in [-0.25, -0.2) is 4.68 Å². The van der Waals surface area contributed by atoms with E-state index in [0.29, 0.717) is 12.6 Å². The number of hydrogen-bond donors (Lipinski definition) is 0. The number of benzene rings is 1. The monoisotopic (exact) mass is 287 g/mol. The minimum Gasteiger partial charge on any atom is -0.494 e. The van der Waals surface area contributed by atoms with Gasteiger partial charge in [-0.2, -0.15) is 0 Å². The van der Waals surface area contributed by atoms with Crippen LogP contribution in [0.2, 0.25) is 0 Å². The van der Waals surface area contributed by atoms with Gasteiger partial charge < -0.3 is 4.74 Å². The van der Waals surface area contributed by atoms with E-state index in [1.165, 1.54) is 18.4 Å². The Bertz CT molecular complexity index is 593. The lowest BCUT2D eigenvalue weighted by Gasteiger charge is -2.18. The molecular weight excluding hydrogens is 266 g/mol. The number of hydrogen-bond acceptors (Lipinski definition) is 5. The van der Waals surface area contributed by atoms with Crippen molar-refractivity contribution in [2.45, 2.75) is 38.9 Å². The second-order valence-corrected chi connectivity index (χ2v) is 5.48. The molecule has 1 aliphatic rings. The standard InChI is InChI=1S/C15H21N5O/c1-3-21-14-7-5-4-6-12(14)10-19(2)11-15-16-17-18-20(15)13-8-9-13/h4-7,13H,3,8-11H2,1-2H3. The van der Waals surface area contributed by atoms with Crippen LogP contribution < -0.4 is 4.74 Å². The van der Waals surface area contributed by atoms with Gasteiger partial charge in [-0.05, 0) is 43.3 Å². The Morgan fingerprint density at radius 3 is 2.86 bits per heavy atom. The van der Waals surface area contributed by atoms with Crippen molar-refractivity contribution in [3.63, 3.8) is 0 Å². The molecule has 21 heavy (non-hydrogen) atoms. The average Bonchev–Trinajstić information content (AvgIpc) is 3.22. The largest absolute Gasteiger partial charge is 0.494 e. The van der Waals surface area contributed by atoms with Crippen molar-refractivity contribution in [1.29, 1.82) is 0 Å². The maximum Gasteiger partial charge on any atom is 0.165 e. The van der Waals surface area contributed by atoms with E-state index in [0.717, 1.165) is 24.7 Å². The lowest BCUT2D eigenvalue weighted by atomic mass is 10.2. The van der Waals surface area contributed by atoms with Crippen LogP contribution in [-0.4, -0.2) is 38.8 Å².